The largest absolute Gasteiger partial charge is 0.401 e. The highest BCUT2D eigenvalue weighted by Crippen LogP contribution is 2.32. The molecule has 0 fully saturated rings. The zero-order valence-corrected chi connectivity index (χ0v) is 11.1. The lowest BCUT2D eigenvalue weighted by atomic mass is 10.0. The predicted molar refractivity (Wildman–Crippen MR) is 66.9 cm³/mol. The van der Waals surface area contributed by atoms with E-state index in [2.05, 4.69) is 28.6 Å². The van der Waals surface area contributed by atoms with Crippen LogP contribution in [0, 0.1) is 0 Å². The fraction of sp³-hybridized carbons (Fsp3) is 0.667. The second kappa shape index (κ2) is 5.59. The van der Waals surface area contributed by atoms with Crippen molar-refractivity contribution >= 4 is 11.3 Å². The van der Waals surface area contributed by atoms with Crippen molar-refractivity contribution in [2.24, 2.45) is 0 Å². The summed E-state index contributed by atoms with van der Waals surface area (Å²) < 4.78 is 35.9. The van der Waals surface area contributed by atoms with Crippen molar-refractivity contribution in [2.45, 2.75) is 25.6 Å². The van der Waals surface area contributed by atoms with Crippen LogP contribution in [0.5, 0.6) is 0 Å². The van der Waals surface area contributed by atoms with Gasteiger partial charge in [-0.05, 0) is 30.4 Å². The van der Waals surface area contributed by atoms with Crippen LogP contribution in [0.2, 0.25) is 0 Å². The lowest BCUT2D eigenvalue weighted by Gasteiger charge is -2.33. The number of thiophene rings is 1. The molecule has 0 bridgehead atoms. The molecule has 1 N–H and O–H groups in total. The zero-order chi connectivity index (χ0) is 13.2. The minimum atomic E-state index is -4.12. The van der Waals surface area contributed by atoms with E-state index in [0.29, 0.717) is 19.1 Å². The highest BCUT2D eigenvalue weighted by Gasteiger charge is 2.27. The number of alkyl halides is 3. The lowest BCUT2D eigenvalue weighted by Crippen LogP contribution is -2.40. The molecule has 0 aliphatic carbocycles. The predicted octanol–water partition coefficient (Wildman–Crippen LogP) is 2.82. The Kier molecular flexibility index (Phi) is 4.29. The first-order chi connectivity index (χ1) is 8.47. The highest BCUT2D eigenvalue weighted by molar-refractivity contribution is 7.10. The van der Waals surface area contributed by atoms with E-state index in [4.69, 9.17) is 0 Å². The summed E-state index contributed by atoms with van der Waals surface area (Å²) in [4.78, 5) is 3.65. The quantitative estimate of drug-likeness (QED) is 0.852. The average Bonchev–Trinajstić information content (AvgIpc) is 2.74. The van der Waals surface area contributed by atoms with E-state index in [0.717, 1.165) is 13.0 Å². The summed E-state index contributed by atoms with van der Waals surface area (Å²) in [5.74, 6) is 0. The summed E-state index contributed by atoms with van der Waals surface area (Å²) in [7, 11) is 0. The molecule has 1 aromatic heterocycles. The Morgan fingerprint density at radius 3 is 3.00 bits per heavy atom. The summed E-state index contributed by atoms with van der Waals surface area (Å²) in [6, 6.07) is 2.44. The highest BCUT2D eigenvalue weighted by atomic mass is 32.1. The maximum Gasteiger partial charge on any atom is 0.401 e. The van der Waals surface area contributed by atoms with E-state index in [1.165, 1.54) is 10.4 Å². The van der Waals surface area contributed by atoms with Gasteiger partial charge in [-0.25, -0.2) is 0 Å². The number of halogens is 3. The van der Waals surface area contributed by atoms with Crippen molar-refractivity contribution in [3.63, 3.8) is 0 Å². The third-order valence-electron chi connectivity index (χ3n) is 3.31. The van der Waals surface area contributed by atoms with Gasteiger partial charge in [-0.1, -0.05) is 0 Å². The topological polar surface area (TPSA) is 15.3 Å². The molecule has 18 heavy (non-hydrogen) atoms. The molecule has 1 aliphatic rings. The maximum absolute atomic E-state index is 12.0. The van der Waals surface area contributed by atoms with E-state index in [9.17, 15) is 13.2 Å². The lowest BCUT2D eigenvalue weighted by molar-refractivity contribution is -0.124. The number of hydrogen-bond acceptors (Lipinski definition) is 3. The minimum Gasteiger partial charge on any atom is -0.307 e. The van der Waals surface area contributed by atoms with Crippen molar-refractivity contribution in [1.82, 2.24) is 10.2 Å². The van der Waals surface area contributed by atoms with E-state index < -0.39 is 12.7 Å². The molecule has 2 rings (SSSR count). The Morgan fingerprint density at radius 2 is 2.28 bits per heavy atom. The van der Waals surface area contributed by atoms with Crippen LogP contribution in [0.3, 0.4) is 0 Å². The molecule has 0 spiro atoms. The molecule has 1 atom stereocenters. The van der Waals surface area contributed by atoms with Gasteiger partial charge in [0.25, 0.3) is 0 Å². The third-order valence-corrected chi connectivity index (χ3v) is 4.30. The molecule has 0 aromatic carbocycles. The number of fused-ring (bicyclic) bond motifs is 1. The SMILES string of the molecule is CC1c2ccsc2CCN1CCNCC(F)(F)F. The summed E-state index contributed by atoms with van der Waals surface area (Å²) in [6.07, 6.45) is -3.11. The van der Waals surface area contributed by atoms with Gasteiger partial charge in [0.15, 0.2) is 0 Å². The van der Waals surface area contributed by atoms with Gasteiger partial charge >= 0.3 is 6.18 Å². The first-order valence-corrected chi connectivity index (χ1v) is 6.93. The first kappa shape index (κ1) is 13.8. The minimum absolute atomic E-state index is 0.313. The van der Waals surface area contributed by atoms with Gasteiger partial charge in [0.05, 0.1) is 6.54 Å². The van der Waals surface area contributed by atoms with Crippen molar-refractivity contribution in [3.05, 3.63) is 21.9 Å². The Balaban J connectivity index is 1.78. The normalized spacial score (nSPS) is 21.0. The summed E-state index contributed by atoms with van der Waals surface area (Å²) >= 11 is 1.77. The Labute approximate surface area is 109 Å². The summed E-state index contributed by atoms with van der Waals surface area (Å²) in [5, 5.41) is 4.54. The molecule has 0 saturated carbocycles. The van der Waals surface area contributed by atoms with Gasteiger partial charge in [-0.15, -0.1) is 11.3 Å². The van der Waals surface area contributed by atoms with E-state index in [-0.39, 0.29) is 0 Å². The van der Waals surface area contributed by atoms with Gasteiger partial charge in [0.1, 0.15) is 0 Å². The Hall–Kier alpha value is -0.590. The fourth-order valence-electron chi connectivity index (χ4n) is 2.32. The standard InChI is InChI=1S/C12H17F3N2S/c1-9-10-3-7-18-11(10)2-5-17(9)6-4-16-8-12(13,14)15/h3,7,9,16H,2,4-6,8H2,1H3. The summed E-state index contributed by atoms with van der Waals surface area (Å²) in [6.45, 7) is 3.19. The van der Waals surface area contributed by atoms with E-state index in [1.54, 1.807) is 11.3 Å². The monoisotopic (exact) mass is 278 g/mol. The second-order valence-corrected chi connectivity index (χ2v) is 5.55. The van der Waals surface area contributed by atoms with Gasteiger partial charge in [-0.2, -0.15) is 13.2 Å². The van der Waals surface area contributed by atoms with Gasteiger partial charge in [-0.3, -0.25) is 4.90 Å². The van der Waals surface area contributed by atoms with Crippen LogP contribution in [0.4, 0.5) is 13.2 Å². The molecule has 0 radical (unpaired) electrons. The second-order valence-electron chi connectivity index (χ2n) is 4.55. The zero-order valence-electron chi connectivity index (χ0n) is 10.3. The van der Waals surface area contributed by atoms with Crippen LogP contribution in [0.1, 0.15) is 23.4 Å². The maximum atomic E-state index is 12.0. The van der Waals surface area contributed by atoms with Gasteiger partial charge in [0, 0.05) is 30.6 Å². The smallest absolute Gasteiger partial charge is 0.307 e. The Morgan fingerprint density at radius 1 is 1.50 bits per heavy atom. The van der Waals surface area contributed by atoms with Gasteiger partial charge < -0.3 is 5.32 Å². The molecule has 1 aromatic rings. The molecular weight excluding hydrogens is 261 g/mol. The number of rotatable bonds is 4. The van der Waals surface area contributed by atoms with E-state index in [1.807, 2.05) is 0 Å². The van der Waals surface area contributed by atoms with Crippen LogP contribution in [0.25, 0.3) is 0 Å². The molecule has 1 unspecified atom stereocenters. The number of hydrogen-bond donors (Lipinski definition) is 1. The van der Waals surface area contributed by atoms with Crippen LogP contribution < -0.4 is 5.32 Å². The fourth-order valence-corrected chi connectivity index (χ4v) is 3.28. The van der Waals surface area contributed by atoms with Crippen LogP contribution in [-0.2, 0) is 6.42 Å². The van der Waals surface area contributed by atoms with Crippen molar-refractivity contribution in [3.8, 4) is 0 Å². The van der Waals surface area contributed by atoms with Crippen LogP contribution >= 0.6 is 11.3 Å². The van der Waals surface area contributed by atoms with Crippen LogP contribution in [0.15, 0.2) is 11.4 Å². The molecule has 6 heteroatoms. The molecule has 102 valence electrons. The van der Waals surface area contributed by atoms with Gasteiger partial charge in [0.2, 0.25) is 0 Å². The molecule has 1 aliphatic heterocycles. The molecule has 0 saturated heterocycles. The summed E-state index contributed by atoms with van der Waals surface area (Å²) in [5.41, 5.74) is 1.34. The third kappa shape index (κ3) is 3.46. The number of nitrogens with zero attached hydrogens (tertiary/aromatic N) is 1. The van der Waals surface area contributed by atoms with Crippen molar-refractivity contribution in [2.75, 3.05) is 26.2 Å². The molecule has 2 nitrogen and oxygen atoms in total. The van der Waals surface area contributed by atoms with Crippen LogP contribution in [-0.4, -0.2) is 37.3 Å². The van der Waals surface area contributed by atoms with Crippen molar-refractivity contribution in [1.29, 1.82) is 0 Å². The molecule has 2 heterocycles. The van der Waals surface area contributed by atoms with Crippen molar-refractivity contribution < 1.29 is 13.2 Å². The molecular formula is C12H17F3N2S. The Bertz CT molecular complexity index is 389. The average molecular weight is 278 g/mol. The molecule has 0 amide bonds. The van der Waals surface area contributed by atoms with E-state index >= 15 is 0 Å². The number of nitrogens with one attached hydrogen (secondary N) is 1. The first-order valence-electron chi connectivity index (χ1n) is 6.05.